The number of rotatable bonds is 7. The van der Waals surface area contributed by atoms with Crippen molar-refractivity contribution in [3.8, 4) is 5.75 Å². The number of carbonyl (C=O) groups excluding carboxylic acids is 1. The number of amides is 1. The van der Waals surface area contributed by atoms with Crippen molar-refractivity contribution in [1.29, 1.82) is 0 Å². The lowest BCUT2D eigenvalue weighted by Crippen LogP contribution is -2.33. The fourth-order valence-electron chi connectivity index (χ4n) is 3.24. The molecule has 1 unspecified atom stereocenters. The lowest BCUT2D eigenvalue weighted by atomic mass is 9.84. The van der Waals surface area contributed by atoms with E-state index in [0.717, 1.165) is 24.4 Å². The van der Waals surface area contributed by atoms with Crippen LogP contribution in [0.25, 0.3) is 0 Å². The number of carbonyl (C=O) groups is 1. The topological polar surface area (TPSA) is 50.4 Å². The normalized spacial score (nSPS) is 16.1. The summed E-state index contributed by atoms with van der Waals surface area (Å²) in [4.78, 5) is 12.2. The standard InChI is InChI=1S/C19H30N2O2.ClH/c1-4-23-18-11-14(2)5-6-17(18)13-21-19(22)12-15(3)16-7-9-20-10-8-16;/h5-6,11,15-16,20H,4,7-10,12-13H2,1-3H3,(H,21,22);1H. The van der Waals surface area contributed by atoms with Gasteiger partial charge in [-0.2, -0.15) is 0 Å². The first-order chi connectivity index (χ1) is 11.1. The highest BCUT2D eigenvalue weighted by Gasteiger charge is 2.22. The molecule has 4 nitrogen and oxygen atoms in total. The Morgan fingerprint density at radius 2 is 2.08 bits per heavy atom. The molecular formula is C19H31ClN2O2. The van der Waals surface area contributed by atoms with Gasteiger partial charge in [-0.05, 0) is 63.2 Å². The smallest absolute Gasteiger partial charge is 0.220 e. The van der Waals surface area contributed by atoms with E-state index in [0.29, 0.717) is 31.4 Å². The van der Waals surface area contributed by atoms with E-state index >= 15 is 0 Å². The Morgan fingerprint density at radius 3 is 2.75 bits per heavy atom. The molecule has 0 aromatic heterocycles. The van der Waals surface area contributed by atoms with E-state index in [1.807, 2.05) is 26.0 Å². The summed E-state index contributed by atoms with van der Waals surface area (Å²) in [7, 11) is 0. The average Bonchev–Trinajstić information content (AvgIpc) is 2.55. The Balaban J connectivity index is 0.00000288. The highest BCUT2D eigenvalue weighted by molar-refractivity contribution is 5.85. The molecule has 2 N–H and O–H groups in total. The number of hydrogen-bond donors (Lipinski definition) is 2. The van der Waals surface area contributed by atoms with E-state index < -0.39 is 0 Å². The second-order valence-corrected chi connectivity index (χ2v) is 6.59. The molecule has 1 aromatic rings. The zero-order chi connectivity index (χ0) is 16.7. The number of hydrogen-bond acceptors (Lipinski definition) is 3. The maximum atomic E-state index is 12.2. The van der Waals surface area contributed by atoms with Crippen LogP contribution >= 0.6 is 12.4 Å². The molecule has 1 fully saturated rings. The number of halogens is 1. The van der Waals surface area contributed by atoms with Crippen molar-refractivity contribution in [2.75, 3.05) is 19.7 Å². The van der Waals surface area contributed by atoms with Crippen LogP contribution in [0.5, 0.6) is 5.75 Å². The maximum absolute atomic E-state index is 12.2. The number of benzene rings is 1. The first-order valence-electron chi connectivity index (χ1n) is 8.80. The molecule has 5 heteroatoms. The number of nitrogens with one attached hydrogen (secondary N) is 2. The van der Waals surface area contributed by atoms with Gasteiger partial charge in [0.1, 0.15) is 5.75 Å². The number of ether oxygens (including phenoxy) is 1. The van der Waals surface area contributed by atoms with Gasteiger partial charge in [0.2, 0.25) is 5.91 Å². The van der Waals surface area contributed by atoms with Gasteiger partial charge in [0.15, 0.2) is 0 Å². The molecule has 1 saturated heterocycles. The summed E-state index contributed by atoms with van der Waals surface area (Å²) in [6, 6.07) is 6.13. The third-order valence-electron chi connectivity index (χ3n) is 4.69. The Kier molecular flexibility index (Phi) is 9.16. The van der Waals surface area contributed by atoms with Crippen molar-refractivity contribution in [3.05, 3.63) is 29.3 Å². The minimum absolute atomic E-state index is 0. The molecule has 0 bridgehead atoms. The van der Waals surface area contributed by atoms with Crippen molar-refractivity contribution in [2.24, 2.45) is 11.8 Å². The molecule has 136 valence electrons. The van der Waals surface area contributed by atoms with Gasteiger partial charge in [-0.1, -0.05) is 19.1 Å². The molecule has 1 aliphatic rings. The molecule has 2 rings (SSSR count). The highest BCUT2D eigenvalue weighted by Crippen LogP contribution is 2.24. The van der Waals surface area contributed by atoms with Gasteiger partial charge in [0.05, 0.1) is 6.61 Å². The quantitative estimate of drug-likeness (QED) is 0.788. The summed E-state index contributed by atoms with van der Waals surface area (Å²) in [5.41, 5.74) is 2.21. The lowest BCUT2D eigenvalue weighted by molar-refractivity contribution is -0.122. The molecule has 1 amide bonds. The van der Waals surface area contributed by atoms with Crippen LogP contribution in [0.1, 0.15) is 44.2 Å². The van der Waals surface area contributed by atoms with E-state index in [9.17, 15) is 4.79 Å². The van der Waals surface area contributed by atoms with Crippen LogP contribution in [-0.2, 0) is 11.3 Å². The fraction of sp³-hybridized carbons (Fsp3) is 0.632. The first-order valence-corrected chi connectivity index (χ1v) is 8.80. The van der Waals surface area contributed by atoms with Gasteiger partial charge in [-0.15, -0.1) is 12.4 Å². The van der Waals surface area contributed by atoms with E-state index in [2.05, 4.69) is 23.6 Å². The fourth-order valence-corrected chi connectivity index (χ4v) is 3.24. The van der Waals surface area contributed by atoms with E-state index in [1.165, 1.54) is 18.4 Å². The molecule has 0 radical (unpaired) electrons. The van der Waals surface area contributed by atoms with Gasteiger partial charge < -0.3 is 15.4 Å². The van der Waals surface area contributed by atoms with Gasteiger partial charge in [-0.3, -0.25) is 4.79 Å². The molecular weight excluding hydrogens is 324 g/mol. The second-order valence-electron chi connectivity index (χ2n) is 6.59. The van der Waals surface area contributed by atoms with Crippen LogP contribution in [0.3, 0.4) is 0 Å². The van der Waals surface area contributed by atoms with Gasteiger partial charge in [0.25, 0.3) is 0 Å². The minimum Gasteiger partial charge on any atom is -0.494 e. The van der Waals surface area contributed by atoms with Crippen LogP contribution in [-0.4, -0.2) is 25.6 Å². The SMILES string of the molecule is CCOc1cc(C)ccc1CNC(=O)CC(C)C1CCNCC1.Cl. The van der Waals surface area contributed by atoms with Gasteiger partial charge in [0, 0.05) is 18.5 Å². The van der Waals surface area contributed by atoms with Crippen LogP contribution in [0.15, 0.2) is 18.2 Å². The summed E-state index contributed by atoms with van der Waals surface area (Å²) < 4.78 is 5.67. The second kappa shape index (κ2) is 10.6. The van der Waals surface area contributed by atoms with Crippen molar-refractivity contribution in [2.45, 2.75) is 46.6 Å². The Hall–Kier alpha value is -1.26. The number of aryl methyl sites for hydroxylation is 1. The van der Waals surface area contributed by atoms with Crippen molar-refractivity contribution in [1.82, 2.24) is 10.6 Å². The molecule has 0 aliphatic carbocycles. The predicted molar refractivity (Wildman–Crippen MR) is 101 cm³/mol. The zero-order valence-corrected chi connectivity index (χ0v) is 15.9. The minimum atomic E-state index is 0. The highest BCUT2D eigenvalue weighted by atomic mass is 35.5. The summed E-state index contributed by atoms with van der Waals surface area (Å²) in [6.45, 7) is 9.56. The third-order valence-corrected chi connectivity index (χ3v) is 4.69. The molecule has 1 aliphatic heterocycles. The monoisotopic (exact) mass is 354 g/mol. The Labute approximate surface area is 152 Å². The summed E-state index contributed by atoms with van der Waals surface area (Å²) >= 11 is 0. The molecule has 1 atom stereocenters. The van der Waals surface area contributed by atoms with E-state index in [1.54, 1.807) is 0 Å². The van der Waals surface area contributed by atoms with Gasteiger partial charge in [-0.25, -0.2) is 0 Å². The predicted octanol–water partition coefficient (Wildman–Crippen LogP) is 3.46. The van der Waals surface area contributed by atoms with Crippen LogP contribution in [0.4, 0.5) is 0 Å². The Bertz CT molecular complexity index is 516. The maximum Gasteiger partial charge on any atom is 0.220 e. The van der Waals surface area contributed by atoms with Crippen LogP contribution in [0.2, 0.25) is 0 Å². The largest absolute Gasteiger partial charge is 0.494 e. The van der Waals surface area contributed by atoms with Crippen molar-refractivity contribution in [3.63, 3.8) is 0 Å². The summed E-state index contributed by atoms with van der Waals surface area (Å²) in [6.07, 6.45) is 2.97. The van der Waals surface area contributed by atoms with Crippen molar-refractivity contribution >= 4 is 18.3 Å². The molecule has 0 spiro atoms. The number of piperidine rings is 1. The average molecular weight is 355 g/mol. The molecule has 0 saturated carbocycles. The lowest BCUT2D eigenvalue weighted by Gasteiger charge is -2.27. The van der Waals surface area contributed by atoms with Crippen molar-refractivity contribution < 1.29 is 9.53 Å². The summed E-state index contributed by atoms with van der Waals surface area (Å²) in [5, 5.41) is 6.43. The first kappa shape index (κ1) is 20.8. The van der Waals surface area contributed by atoms with Gasteiger partial charge >= 0.3 is 0 Å². The zero-order valence-electron chi connectivity index (χ0n) is 15.1. The third kappa shape index (κ3) is 6.33. The summed E-state index contributed by atoms with van der Waals surface area (Å²) in [5.74, 6) is 2.13. The van der Waals surface area contributed by atoms with E-state index in [-0.39, 0.29) is 18.3 Å². The van der Waals surface area contributed by atoms with Crippen LogP contribution < -0.4 is 15.4 Å². The molecule has 24 heavy (non-hydrogen) atoms. The molecule has 1 aromatic carbocycles. The Morgan fingerprint density at radius 1 is 1.38 bits per heavy atom. The van der Waals surface area contributed by atoms with E-state index in [4.69, 9.17) is 4.74 Å². The molecule has 1 heterocycles. The van der Waals surface area contributed by atoms with Crippen LogP contribution in [0, 0.1) is 18.8 Å².